The van der Waals surface area contributed by atoms with Crippen LogP contribution in [0.25, 0.3) is 20.4 Å². The molecule has 238 valence electrons. The summed E-state index contributed by atoms with van der Waals surface area (Å²) < 4.78 is 1.99. The van der Waals surface area contributed by atoms with Crippen LogP contribution in [0.5, 0.6) is 0 Å². The lowest BCUT2D eigenvalue weighted by atomic mass is 10.2. The Morgan fingerprint density at radius 3 is 1.46 bits per heavy atom. The first kappa shape index (κ1) is 30.9. The third-order valence-electron chi connectivity index (χ3n) is 8.44. The lowest BCUT2D eigenvalue weighted by Crippen LogP contribution is -2.48. The smallest absolute Gasteiger partial charge is 0.243 e. The minimum atomic E-state index is 0.0478. The van der Waals surface area contributed by atoms with Crippen molar-refractivity contribution >= 4 is 65.2 Å². The second kappa shape index (κ2) is 14.3. The number of anilines is 2. The molecule has 2 aromatic heterocycles. The molecular formula is C34H38N8O2S2. The van der Waals surface area contributed by atoms with Gasteiger partial charge in [0, 0.05) is 52.4 Å². The Bertz CT molecular complexity index is 1600. The molecule has 2 N–H and O–H groups in total. The van der Waals surface area contributed by atoms with Crippen LogP contribution in [0.4, 0.5) is 10.3 Å². The van der Waals surface area contributed by atoms with Crippen molar-refractivity contribution in [1.82, 2.24) is 30.4 Å². The number of benzene rings is 3. The number of carbonyl (C=O) groups excluding carboxylic acids is 2. The molecule has 0 saturated carbocycles. The highest BCUT2D eigenvalue weighted by Gasteiger charge is 2.26. The molecule has 0 atom stereocenters. The lowest BCUT2D eigenvalue weighted by Gasteiger charge is -2.29. The molecule has 0 aliphatic carbocycles. The number of carbonyl (C=O) groups is 2. The van der Waals surface area contributed by atoms with Crippen LogP contribution in [0.3, 0.4) is 0 Å². The van der Waals surface area contributed by atoms with E-state index in [-0.39, 0.29) is 11.8 Å². The molecule has 5 aromatic rings. The minimum absolute atomic E-state index is 0.0478. The average molecular weight is 655 g/mol. The molecule has 0 bridgehead atoms. The van der Waals surface area contributed by atoms with Gasteiger partial charge in [-0.2, -0.15) is 0 Å². The minimum Gasteiger partial charge on any atom is -0.314 e. The van der Waals surface area contributed by atoms with Crippen molar-refractivity contribution in [3.8, 4) is 0 Å². The summed E-state index contributed by atoms with van der Waals surface area (Å²) in [4.78, 5) is 45.5. The number of hydrogen-bond donors (Lipinski definition) is 2. The summed E-state index contributed by atoms with van der Waals surface area (Å²) in [7, 11) is 0. The van der Waals surface area contributed by atoms with Crippen LogP contribution in [-0.2, 0) is 22.7 Å². The number of hydrogen-bond acceptors (Lipinski definition) is 10. The van der Waals surface area contributed by atoms with Gasteiger partial charge >= 0.3 is 0 Å². The highest BCUT2D eigenvalue weighted by Crippen LogP contribution is 2.37. The van der Waals surface area contributed by atoms with Crippen molar-refractivity contribution in [3.05, 3.63) is 83.9 Å². The highest BCUT2D eigenvalue weighted by molar-refractivity contribution is 7.24. The largest absolute Gasteiger partial charge is 0.314 e. The van der Waals surface area contributed by atoms with E-state index in [9.17, 15) is 9.59 Å². The molecule has 0 spiro atoms. The predicted octanol–water partition coefficient (Wildman–Crippen LogP) is 3.78. The molecule has 0 radical (unpaired) electrons. The van der Waals surface area contributed by atoms with E-state index in [2.05, 4.69) is 26.5 Å². The van der Waals surface area contributed by atoms with E-state index >= 15 is 0 Å². The number of rotatable bonds is 10. The Kier molecular flexibility index (Phi) is 9.61. The van der Waals surface area contributed by atoms with Crippen molar-refractivity contribution in [3.63, 3.8) is 0 Å². The van der Waals surface area contributed by atoms with Gasteiger partial charge < -0.3 is 10.6 Å². The quantitative estimate of drug-likeness (QED) is 0.235. The third kappa shape index (κ3) is 7.27. The van der Waals surface area contributed by atoms with E-state index < -0.39 is 0 Å². The van der Waals surface area contributed by atoms with Gasteiger partial charge in [0.25, 0.3) is 0 Å². The standard InChI is InChI=1S/C34H38N8O2S2/c43-31(23-39-15-11-35-12-16-39)41(21-25-7-3-1-4-8-25)33-37-27-19-28-30(20-29(27)45-33)46-34(38-28)42(22-26-9-5-2-6-10-26)32(44)24-40-17-13-36-14-18-40/h1-10,19-20,35-36H,11-18,21-24H2. The topological polar surface area (TPSA) is 96.9 Å². The van der Waals surface area contributed by atoms with Crippen LogP contribution in [0, 0.1) is 0 Å². The second-order valence-corrected chi connectivity index (χ2v) is 13.8. The number of nitrogens with one attached hydrogen (secondary N) is 2. The van der Waals surface area contributed by atoms with Crippen LogP contribution in [0.15, 0.2) is 72.8 Å². The van der Waals surface area contributed by atoms with Crippen molar-refractivity contribution < 1.29 is 9.59 Å². The first-order valence-corrected chi connectivity index (χ1v) is 17.5. The van der Waals surface area contributed by atoms with Gasteiger partial charge in [0.15, 0.2) is 10.3 Å². The molecule has 2 fully saturated rings. The van der Waals surface area contributed by atoms with Gasteiger partial charge in [-0.3, -0.25) is 29.2 Å². The fourth-order valence-corrected chi connectivity index (χ4v) is 7.99. The molecule has 2 aliphatic rings. The van der Waals surface area contributed by atoms with Gasteiger partial charge in [-0.05, 0) is 23.3 Å². The summed E-state index contributed by atoms with van der Waals surface area (Å²) in [6.45, 7) is 8.65. The molecule has 3 aromatic carbocycles. The maximum absolute atomic E-state index is 13.7. The number of piperazine rings is 2. The molecule has 0 unspecified atom stereocenters. The molecule has 2 amide bonds. The first-order valence-electron chi connectivity index (χ1n) is 15.8. The van der Waals surface area contributed by atoms with Gasteiger partial charge in [-0.15, -0.1) is 0 Å². The molecule has 4 heterocycles. The molecule has 2 saturated heterocycles. The summed E-state index contributed by atoms with van der Waals surface area (Å²) in [6.07, 6.45) is 0. The van der Waals surface area contributed by atoms with Gasteiger partial charge in [0.2, 0.25) is 11.8 Å². The molecule has 12 heteroatoms. The number of nitrogens with zero attached hydrogens (tertiary/aromatic N) is 6. The van der Waals surface area contributed by atoms with E-state index in [1.165, 1.54) is 22.7 Å². The van der Waals surface area contributed by atoms with Gasteiger partial charge in [-0.25, -0.2) is 9.97 Å². The molecule has 2 aliphatic heterocycles. The Morgan fingerprint density at radius 1 is 0.630 bits per heavy atom. The Morgan fingerprint density at radius 2 is 1.04 bits per heavy atom. The normalized spacial score (nSPS) is 16.2. The first-order chi connectivity index (χ1) is 22.6. The summed E-state index contributed by atoms with van der Waals surface area (Å²) in [5.41, 5.74) is 3.73. The zero-order chi connectivity index (χ0) is 31.3. The summed E-state index contributed by atoms with van der Waals surface area (Å²) in [6, 6.07) is 24.3. The molecular weight excluding hydrogens is 617 g/mol. The second-order valence-electron chi connectivity index (χ2n) is 11.8. The van der Waals surface area contributed by atoms with Crippen molar-refractivity contribution in [2.45, 2.75) is 13.1 Å². The predicted molar refractivity (Wildman–Crippen MR) is 187 cm³/mol. The van der Waals surface area contributed by atoms with E-state index in [4.69, 9.17) is 9.97 Å². The maximum Gasteiger partial charge on any atom is 0.243 e. The fraction of sp³-hybridized carbons (Fsp3) is 0.353. The summed E-state index contributed by atoms with van der Waals surface area (Å²) >= 11 is 3.06. The van der Waals surface area contributed by atoms with Gasteiger partial charge in [0.05, 0.1) is 46.6 Å². The average Bonchev–Trinajstić information content (AvgIpc) is 3.69. The molecule has 7 rings (SSSR count). The van der Waals surface area contributed by atoms with E-state index in [1.54, 1.807) is 0 Å². The van der Waals surface area contributed by atoms with E-state index in [0.29, 0.717) is 36.4 Å². The Balaban J connectivity index is 1.17. The third-order valence-corrected chi connectivity index (χ3v) is 10.5. The molecule has 46 heavy (non-hydrogen) atoms. The van der Waals surface area contributed by atoms with Crippen LogP contribution < -0.4 is 20.4 Å². The Labute approximate surface area is 276 Å². The number of fused-ring (bicyclic) bond motifs is 2. The SMILES string of the molecule is O=C(CN1CCNCC1)N(Cc1ccccc1)c1nc2cc3nc(N(Cc4ccccc4)C(=O)CN4CCNCC4)sc3cc2s1. The van der Waals surface area contributed by atoms with Crippen molar-refractivity contribution in [1.29, 1.82) is 0 Å². The number of amides is 2. The van der Waals surface area contributed by atoms with Crippen LogP contribution in [-0.4, -0.2) is 97.0 Å². The van der Waals surface area contributed by atoms with Crippen LogP contribution >= 0.6 is 22.7 Å². The van der Waals surface area contributed by atoms with E-state index in [0.717, 1.165) is 83.9 Å². The highest BCUT2D eigenvalue weighted by atomic mass is 32.1. The zero-order valence-electron chi connectivity index (χ0n) is 25.7. The zero-order valence-corrected chi connectivity index (χ0v) is 27.4. The number of thiazole rings is 2. The van der Waals surface area contributed by atoms with Gasteiger partial charge in [0.1, 0.15) is 0 Å². The van der Waals surface area contributed by atoms with Crippen LogP contribution in [0.2, 0.25) is 0 Å². The monoisotopic (exact) mass is 654 g/mol. The van der Waals surface area contributed by atoms with Gasteiger partial charge in [-0.1, -0.05) is 83.3 Å². The van der Waals surface area contributed by atoms with Crippen molar-refractivity contribution in [2.75, 3.05) is 75.2 Å². The van der Waals surface area contributed by atoms with Crippen molar-refractivity contribution in [2.24, 2.45) is 0 Å². The van der Waals surface area contributed by atoms with E-state index in [1.807, 2.05) is 76.5 Å². The summed E-state index contributed by atoms with van der Waals surface area (Å²) in [5.74, 6) is 0.0955. The summed E-state index contributed by atoms with van der Waals surface area (Å²) in [5, 5.41) is 8.09. The Hall–Kier alpha value is -3.78. The molecule has 10 nitrogen and oxygen atoms in total. The lowest BCUT2D eigenvalue weighted by molar-refractivity contribution is -0.120. The maximum atomic E-state index is 13.7. The fourth-order valence-electron chi connectivity index (χ4n) is 5.91. The van der Waals surface area contributed by atoms with Crippen LogP contribution in [0.1, 0.15) is 11.1 Å². The number of aromatic nitrogens is 2.